The smallest absolute Gasteiger partial charge is 0.133 e. The molecule has 0 spiro atoms. The summed E-state index contributed by atoms with van der Waals surface area (Å²) in [6.07, 6.45) is 3.45. The number of aromatic nitrogens is 1. The minimum absolute atomic E-state index is 0.143. The number of hydrogen-bond donors (Lipinski definition) is 3. The summed E-state index contributed by atoms with van der Waals surface area (Å²) in [4.78, 5) is 4.16. The number of rotatable bonds is 2. The van der Waals surface area contributed by atoms with Crippen molar-refractivity contribution in [2.75, 3.05) is 11.1 Å². The van der Waals surface area contributed by atoms with E-state index in [9.17, 15) is 5.11 Å². The van der Waals surface area contributed by atoms with Crippen molar-refractivity contribution < 1.29 is 5.11 Å². The van der Waals surface area contributed by atoms with Crippen LogP contribution in [0.25, 0.3) is 0 Å². The molecule has 5 heteroatoms. The van der Waals surface area contributed by atoms with Crippen LogP contribution < -0.4 is 11.1 Å². The Morgan fingerprint density at radius 2 is 2.00 bits per heavy atom. The second-order valence-electron chi connectivity index (χ2n) is 4.26. The third-order valence-electron chi connectivity index (χ3n) is 2.87. The summed E-state index contributed by atoms with van der Waals surface area (Å²) >= 11 is 5.82. The average molecular weight is 242 g/mol. The number of aliphatic hydroxyl groups excluding tert-OH is 1. The fraction of sp³-hybridized carbons (Fsp3) is 0.545. The molecule has 1 aromatic heterocycles. The first kappa shape index (κ1) is 11.5. The van der Waals surface area contributed by atoms with Crippen molar-refractivity contribution in [3.05, 3.63) is 17.3 Å². The zero-order valence-electron chi connectivity index (χ0n) is 8.99. The van der Waals surface area contributed by atoms with E-state index in [1.54, 1.807) is 12.1 Å². The Hall–Kier alpha value is -1.00. The Morgan fingerprint density at radius 1 is 1.31 bits per heavy atom. The number of nitrogens with zero attached hydrogens (tertiary/aromatic N) is 1. The summed E-state index contributed by atoms with van der Waals surface area (Å²) in [5.41, 5.74) is 6.29. The monoisotopic (exact) mass is 241 g/mol. The van der Waals surface area contributed by atoms with Gasteiger partial charge in [-0.2, -0.15) is 0 Å². The zero-order chi connectivity index (χ0) is 11.5. The van der Waals surface area contributed by atoms with Crippen LogP contribution in [0.2, 0.25) is 5.15 Å². The molecule has 16 heavy (non-hydrogen) atoms. The summed E-state index contributed by atoms with van der Waals surface area (Å²) in [6, 6.07) is 3.75. The highest BCUT2D eigenvalue weighted by Gasteiger charge is 2.19. The topological polar surface area (TPSA) is 71.2 Å². The minimum Gasteiger partial charge on any atom is -0.399 e. The van der Waals surface area contributed by atoms with Crippen molar-refractivity contribution in [2.45, 2.75) is 37.8 Å². The fourth-order valence-electron chi connectivity index (χ4n) is 2.02. The van der Waals surface area contributed by atoms with E-state index in [2.05, 4.69) is 10.3 Å². The van der Waals surface area contributed by atoms with E-state index >= 15 is 0 Å². The number of aliphatic hydroxyl groups is 1. The average Bonchev–Trinajstić information content (AvgIpc) is 2.20. The van der Waals surface area contributed by atoms with Crippen molar-refractivity contribution in [3.8, 4) is 0 Å². The minimum atomic E-state index is -0.143. The third-order valence-corrected chi connectivity index (χ3v) is 3.06. The van der Waals surface area contributed by atoms with Crippen molar-refractivity contribution in [1.82, 2.24) is 4.98 Å². The van der Waals surface area contributed by atoms with Gasteiger partial charge in [-0.3, -0.25) is 0 Å². The van der Waals surface area contributed by atoms with Crippen molar-refractivity contribution in [1.29, 1.82) is 0 Å². The van der Waals surface area contributed by atoms with Gasteiger partial charge in [-0.15, -0.1) is 0 Å². The molecule has 1 aliphatic carbocycles. The highest BCUT2D eigenvalue weighted by atomic mass is 35.5. The van der Waals surface area contributed by atoms with Gasteiger partial charge < -0.3 is 16.2 Å². The molecule has 1 aliphatic rings. The first-order valence-corrected chi connectivity index (χ1v) is 5.89. The van der Waals surface area contributed by atoms with E-state index in [0.29, 0.717) is 22.7 Å². The van der Waals surface area contributed by atoms with Gasteiger partial charge in [0.25, 0.3) is 0 Å². The normalized spacial score (nSPS) is 25.4. The molecule has 0 unspecified atom stereocenters. The van der Waals surface area contributed by atoms with Gasteiger partial charge in [0, 0.05) is 17.8 Å². The van der Waals surface area contributed by atoms with Gasteiger partial charge in [-0.05, 0) is 31.7 Å². The van der Waals surface area contributed by atoms with Crippen LogP contribution in [0.3, 0.4) is 0 Å². The van der Waals surface area contributed by atoms with Gasteiger partial charge in [0.1, 0.15) is 11.0 Å². The lowest BCUT2D eigenvalue weighted by Crippen LogP contribution is -2.28. The molecule has 0 saturated heterocycles. The molecule has 0 aliphatic heterocycles. The Labute approximate surface area is 99.8 Å². The largest absolute Gasteiger partial charge is 0.399 e. The third kappa shape index (κ3) is 3.00. The van der Waals surface area contributed by atoms with Crippen LogP contribution in [0.4, 0.5) is 11.5 Å². The van der Waals surface area contributed by atoms with Gasteiger partial charge in [0.2, 0.25) is 0 Å². The van der Waals surface area contributed by atoms with Gasteiger partial charge in [0.05, 0.1) is 6.10 Å². The molecule has 4 nitrogen and oxygen atoms in total. The number of hydrogen-bond acceptors (Lipinski definition) is 4. The summed E-state index contributed by atoms with van der Waals surface area (Å²) in [6.45, 7) is 0. The molecule has 0 radical (unpaired) electrons. The van der Waals surface area contributed by atoms with Crippen molar-refractivity contribution in [2.24, 2.45) is 0 Å². The lowest BCUT2D eigenvalue weighted by Gasteiger charge is -2.26. The summed E-state index contributed by atoms with van der Waals surface area (Å²) < 4.78 is 0. The molecule has 1 heterocycles. The number of nitrogens with two attached hydrogens (primary N) is 1. The van der Waals surface area contributed by atoms with E-state index < -0.39 is 0 Å². The zero-order valence-corrected chi connectivity index (χ0v) is 9.74. The Balaban J connectivity index is 1.98. The van der Waals surface area contributed by atoms with Gasteiger partial charge in [-0.25, -0.2) is 4.98 Å². The molecule has 1 aromatic rings. The second-order valence-corrected chi connectivity index (χ2v) is 4.65. The predicted octanol–water partition coefficient (Wildman–Crippen LogP) is 2.03. The first-order valence-electron chi connectivity index (χ1n) is 5.51. The fourth-order valence-corrected chi connectivity index (χ4v) is 2.24. The van der Waals surface area contributed by atoms with E-state index in [1.807, 2.05) is 0 Å². The molecular formula is C11H16ClN3O. The van der Waals surface area contributed by atoms with Crippen molar-refractivity contribution >= 4 is 23.1 Å². The number of halogens is 1. The molecule has 2 rings (SSSR count). The van der Waals surface area contributed by atoms with E-state index in [0.717, 1.165) is 25.7 Å². The summed E-state index contributed by atoms with van der Waals surface area (Å²) in [5.74, 6) is 0.714. The molecular weight excluding hydrogens is 226 g/mol. The van der Waals surface area contributed by atoms with E-state index in [-0.39, 0.29) is 6.10 Å². The van der Waals surface area contributed by atoms with Gasteiger partial charge >= 0.3 is 0 Å². The highest BCUT2D eigenvalue weighted by Crippen LogP contribution is 2.23. The maximum Gasteiger partial charge on any atom is 0.133 e. The first-order chi connectivity index (χ1) is 7.63. The molecule has 0 aromatic carbocycles. The lowest BCUT2D eigenvalue weighted by atomic mass is 9.93. The van der Waals surface area contributed by atoms with Crippen LogP contribution in [0.1, 0.15) is 25.7 Å². The predicted molar refractivity (Wildman–Crippen MR) is 65.5 cm³/mol. The summed E-state index contributed by atoms with van der Waals surface area (Å²) in [5, 5.41) is 13.1. The lowest BCUT2D eigenvalue weighted by molar-refractivity contribution is 0.126. The molecule has 0 bridgehead atoms. The molecule has 88 valence electrons. The van der Waals surface area contributed by atoms with Crippen LogP contribution in [-0.4, -0.2) is 22.2 Å². The van der Waals surface area contributed by atoms with Gasteiger partial charge in [0.15, 0.2) is 0 Å². The molecule has 0 amide bonds. The number of pyridine rings is 1. The van der Waals surface area contributed by atoms with Crippen LogP contribution in [-0.2, 0) is 0 Å². The maximum absolute atomic E-state index is 9.40. The highest BCUT2D eigenvalue weighted by molar-refractivity contribution is 6.29. The Bertz CT molecular complexity index is 344. The molecule has 1 fully saturated rings. The second kappa shape index (κ2) is 4.89. The Kier molecular flexibility index (Phi) is 3.51. The van der Waals surface area contributed by atoms with Crippen LogP contribution >= 0.6 is 11.6 Å². The molecule has 1 saturated carbocycles. The number of anilines is 2. The summed E-state index contributed by atoms with van der Waals surface area (Å²) in [7, 11) is 0. The van der Waals surface area contributed by atoms with Crippen LogP contribution in [0.15, 0.2) is 12.1 Å². The van der Waals surface area contributed by atoms with Crippen LogP contribution in [0, 0.1) is 0 Å². The quantitative estimate of drug-likeness (QED) is 0.693. The van der Waals surface area contributed by atoms with E-state index in [1.165, 1.54) is 0 Å². The van der Waals surface area contributed by atoms with Crippen LogP contribution in [0.5, 0.6) is 0 Å². The standard InChI is InChI=1S/C11H16ClN3O/c12-10-5-7(13)6-11(15-10)14-8-1-3-9(16)4-2-8/h5-6,8-9,16H,1-4H2,(H3,13,14,15). The molecule has 4 N–H and O–H groups in total. The number of nitrogen functional groups attached to an aromatic ring is 1. The van der Waals surface area contributed by atoms with Crippen molar-refractivity contribution in [3.63, 3.8) is 0 Å². The van der Waals surface area contributed by atoms with E-state index in [4.69, 9.17) is 17.3 Å². The maximum atomic E-state index is 9.40. The SMILES string of the molecule is Nc1cc(Cl)nc(NC2CCC(O)CC2)c1. The van der Waals surface area contributed by atoms with Gasteiger partial charge in [-0.1, -0.05) is 11.6 Å². The number of nitrogens with one attached hydrogen (secondary N) is 1. The Morgan fingerprint density at radius 3 is 2.62 bits per heavy atom. The molecule has 0 atom stereocenters.